The molecule has 0 radical (unpaired) electrons. The van der Waals surface area contributed by atoms with Crippen molar-refractivity contribution in [1.82, 2.24) is 0 Å². The molecule has 0 bridgehead atoms. The van der Waals surface area contributed by atoms with Gasteiger partial charge in [-0.1, -0.05) is 110 Å². The molecule has 0 aromatic rings. The SMILES string of the molecule is CCCCCCCCCCCCCCCCCCC(CS)C(=O)[O-]. The fraction of sp³-hybridized carbons (Fsp3) is 0.952. The van der Waals surface area contributed by atoms with Crippen molar-refractivity contribution in [2.75, 3.05) is 5.75 Å². The summed E-state index contributed by atoms with van der Waals surface area (Å²) in [7, 11) is 0. The summed E-state index contributed by atoms with van der Waals surface area (Å²) in [5.74, 6) is -0.896. The van der Waals surface area contributed by atoms with Gasteiger partial charge in [-0.2, -0.15) is 12.6 Å². The molecule has 24 heavy (non-hydrogen) atoms. The van der Waals surface area contributed by atoms with Gasteiger partial charge in [-0.25, -0.2) is 0 Å². The fourth-order valence-corrected chi connectivity index (χ4v) is 3.55. The van der Waals surface area contributed by atoms with Crippen LogP contribution in [0.4, 0.5) is 0 Å². The molecule has 0 aromatic carbocycles. The third-order valence-electron chi connectivity index (χ3n) is 4.96. The average Bonchev–Trinajstić information content (AvgIpc) is 2.57. The zero-order chi connectivity index (χ0) is 17.9. The van der Waals surface area contributed by atoms with E-state index in [2.05, 4.69) is 19.6 Å². The minimum absolute atomic E-state index is 0.361. The van der Waals surface area contributed by atoms with Crippen molar-refractivity contribution >= 4 is 18.6 Å². The van der Waals surface area contributed by atoms with E-state index in [9.17, 15) is 9.90 Å². The summed E-state index contributed by atoms with van der Waals surface area (Å²) in [5.41, 5.74) is 0. The summed E-state index contributed by atoms with van der Waals surface area (Å²) in [6, 6.07) is 0. The lowest BCUT2D eigenvalue weighted by Gasteiger charge is -2.14. The van der Waals surface area contributed by atoms with E-state index in [1.54, 1.807) is 0 Å². The van der Waals surface area contributed by atoms with E-state index in [4.69, 9.17) is 0 Å². The largest absolute Gasteiger partial charge is 0.550 e. The van der Waals surface area contributed by atoms with Gasteiger partial charge in [0.1, 0.15) is 0 Å². The molecule has 0 rings (SSSR count). The average molecular weight is 358 g/mol. The number of carboxylic acids is 1. The zero-order valence-electron chi connectivity index (χ0n) is 16.1. The highest BCUT2D eigenvalue weighted by Gasteiger charge is 2.06. The van der Waals surface area contributed by atoms with Gasteiger partial charge in [0.25, 0.3) is 0 Å². The van der Waals surface area contributed by atoms with E-state index < -0.39 is 5.97 Å². The first-order valence-corrected chi connectivity index (χ1v) is 11.2. The molecule has 0 N–H and O–H groups in total. The van der Waals surface area contributed by atoms with Gasteiger partial charge in [0.05, 0.1) is 0 Å². The first-order valence-electron chi connectivity index (χ1n) is 10.5. The van der Waals surface area contributed by atoms with Crippen LogP contribution in [0.2, 0.25) is 0 Å². The normalized spacial score (nSPS) is 12.4. The summed E-state index contributed by atoms with van der Waals surface area (Å²) >= 11 is 4.07. The number of hydrogen-bond acceptors (Lipinski definition) is 3. The number of carboxylic acid groups (broad SMARTS) is 1. The molecule has 144 valence electrons. The van der Waals surface area contributed by atoms with Crippen LogP contribution in [0.25, 0.3) is 0 Å². The lowest BCUT2D eigenvalue weighted by atomic mass is 10.0. The van der Waals surface area contributed by atoms with E-state index >= 15 is 0 Å². The van der Waals surface area contributed by atoms with Crippen LogP contribution in [0.5, 0.6) is 0 Å². The highest BCUT2D eigenvalue weighted by Crippen LogP contribution is 2.15. The van der Waals surface area contributed by atoms with E-state index in [-0.39, 0.29) is 5.92 Å². The van der Waals surface area contributed by atoms with Crippen molar-refractivity contribution in [3.63, 3.8) is 0 Å². The quantitative estimate of drug-likeness (QED) is 0.230. The van der Waals surface area contributed by atoms with E-state index in [1.807, 2.05) is 0 Å². The molecule has 3 heteroatoms. The van der Waals surface area contributed by atoms with Crippen LogP contribution < -0.4 is 5.11 Å². The van der Waals surface area contributed by atoms with E-state index in [0.29, 0.717) is 5.75 Å². The Bertz CT molecular complexity index is 269. The van der Waals surface area contributed by atoms with E-state index in [0.717, 1.165) is 19.3 Å². The molecule has 0 aliphatic heterocycles. The molecule has 0 aliphatic carbocycles. The van der Waals surface area contributed by atoms with Crippen molar-refractivity contribution in [3.05, 3.63) is 0 Å². The molecule has 1 atom stereocenters. The highest BCUT2D eigenvalue weighted by molar-refractivity contribution is 7.80. The fourth-order valence-electron chi connectivity index (χ4n) is 3.22. The lowest BCUT2D eigenvalue weighted by Crippen LogP contribution is -2.32. The minimum atomic E-state index is -0.939. The third-order valence-corrected chi connectivity index (χ3v) is 5.40. The Morgan fingerprint density at radius 2 is 1.04 bits per heavy atom. The van der Waals surface area contributed by atoms with Gasteiger partial charge in [-0.05, 0) is 12.2 Å². The van der Waals surface area contributed by atoms with Gasteiger partial charge >= 0.3 is 0 Å². The first kappa shape index (κ1) is 23.8. The van der Waals surface area contributed by atoms with Gasteiger partial charge < -0.3 is 9.90 Å². The van der Waals surface area contributed by atoms with Crippen LogP contribution in [0, 0.1) is 5.92 Å². The molecule has 1 unspecified atom stereocenters. The molecule has 0 aliphatic rings. The third kappa shape index (κ3) is 16.7. The zero-order valence-corrected chi connectivity index (χ0v) is 17.0. The molecule has 0 aromatic heterocycles. The van der Waals surface area contributed by atoms with Crippen LogP contribution >= 0.6 is 12.6 Å². The number of rotatable bonds is 19. The van der Waals surface area contributed by atoms with Gasteiger partial charge in [-0.15, -0.1) is 0 Å². The number of carbonyl (C=O) groups excluding carboxylic acids is 1. The molecule has 0 saturated heterocycles. The maximum atomic E-state index is 10.8. The molecule has 0 amide bonds. The van der Waals surface area contributed by atoms with Gasteiger partial charge in [0.2, 0.25) is 0 Å². The van der Waals surface area contributed by atoms with Crippen LogP contribution in [-0.2, 0) is 4.79 Å². The van der Waals surface area contributed by atoms with Crippen molar-refractivity contribution in [1.29, 1.82) is 0 Å². The molecule has 2 nitrogen and oxygen atoms in total. The Kier molecular flexibility index (Phi) is 19.0. The monoisotopic (exact) mass is 357 g/mol. The topological polar surface area (TPSA) is 40.1 Å². The Labute approximate surface area is 156 Å². The smallest absolute Gasteiger partial charge is 0.0453 e. The van der Waals surface area contributed by atoms with Crippen LogP contribution in [0.15, 0.2) is 0 Å². The van der Waals surface area contributed by atoms with Crippen LogP contribution in [0.3, 0.4) is 0 Å². The number of hydrogen-bond donors (Lipinski definition) is 1. The maximum Gasteiger partial charge on any atom is 0.0453 e. The molecular formula is C21H41O2S-. The summed E-state index contributed by atoms with van der Waals surface area (Å²) in [6.45, 7) is 2.27. The second kappa shape index (κ2) is 19.1. The van der Waals surface area contributed by atoms with E-state index in [1.165, 1.54) is 89.9 Å². The van der Waals surface area contributed by atoms with Gasteiger partial charge in [0, 0.05) is 11.9 Å². The summed E-state index contributed by atoms with van der Waals surface area (Å²) in [5, 5.41) is 10.8. The predicted octanol–water partition coefficient (Wildman–Crippen LogP) is 5.93. The second-order valence-electron chi connectivity index (χ2n) is 7.29. The molecule has 0 saturated carbocycles. The predicted molar refractivity (Wildman–Crippen MR) is 107 cm³/mol. The Hall–Kier alpha value is -0.180. The number of carbonyl (C=O) groups is 1. The number of thiol groups is 1. The summed E-state index contributed by atoms with van der Waals surface area (Å²) < 4.78 is 0. The summed E-state index contributed by atoms with van der Waals surface area (Å²) in [4.78, 5) is 10.8. The van der Waals surface area contributed by atoms with Crippen molar-refractivity contribution in [3.8, 4) is 0 Å². The lowest BCUT2D eigenvalue weighted by molar-refractivity contribution is -0.310. The Morgan fingerprint density at radius 1 is 0.708 bits per heavy atom. The summed E-state index contributed by atoms with van der Waals surface area (Å²) in [6.07, 6.45) is 22.3. The standard InChI is InChI=1S/C21H42O2S/c1-2-3-4-5-6-7-8-9-10-11-12-13-14-15-16-17-18-20(19-24)21(22)23/h20,24H,2-19H2,1H3,(H,22,23)/p-1. The van der Waals surface area contributed by atoms with Gasteiger partial charge in [-0.3, -0.25) is 0 Å². The van der Waals surface area contributed by atoms with Crippen molar-refractivity contribution in [2.45, 2.75) is 116 Å². The molecule has 0 spiro atoms. The van der Waals surface area contributed by atoms with Gasteiger partial charge in [0.15, 0.2) is 0 Å². The first-order chi connectivity index (χ1) is 11.7. The van der Waals surface area contributed by atoms with Crippen molar-refractivity contribution < 1.29 is 9.90 Å². The molecular weight excluding hydrogens is 316 g/mol. The van der Waals surface area contributed by atoms with Crippen molar-refractivity contribution in [2.24, 2.45) is 5.92 Å². The second-order valence-corrected chi connectivity index (χ2v) is 7.66. The Balaban J connectivity index is 3.11. The highest BCUT2D eigenvalue weighted by atomic mass is 32.1. The van der Waals surface area contributed by atoms with Crippen LogP contribution in [0.1, 0.15) is 116 Å². The Morgan fingerprint density at radius 3 is 1.33 bits per heavy atom. The number of unbranched alkanes of at least 4 members (excludes halogenated alkanes) is 15. The minimum Gasteiger partial charge on any atom is -0.550 e. The maximum absolute atomic E-state index is 10.8. The van der Waals surface area contributed by atoms with Crippen LogP contribution in [-0.4, -0.2) is 11.7 Å². The number of aliphatic carboxylic acids is 1. The molecule has 0 fully saturated rings. The molecule has 0 heterocycles.